The summed E-state index contributed by atoms with van der Waals surface area (Å²) >= 11 is 0. The van der Waals surface area contributed by atoms with Gasteiger partial charge in [0.2, 0.25) is 0 Å². The first-order valence-corrected chi connectivity index (χ1v) is 6.60. The zero-order valence-electron chi connectivity index (χ0n) is 12.0. The Bertz CT molecular complexity index is 684. The minimum Gasteiger partial charge on any atom is -0.458 e. The predicted molar refractivity (Wildman–Crippen MR) is 80.7 cm³/mol. The predicted octanol–water partition coefficient (Wildman–Crippen LogP) is 1.59. The van der Waals surface area contributed by atoms with E-state index in [9.17, 15) is 9.59 Å². The van der Waals surface area contributed by atoms with Gasteiger partial charge in [-0.1, -0.05) is 6.07 Å². The molecule has 2 aromatic heterocycles. The van der Waals surface area contributed by atoms with Gasteiger partial charge in [0.25, 0.3) is 5.91 Å². The van der Waals surface area contributed by atoms with Gasteiger partial charge in [0, 0.05) is 43.5 Å². The summed E-state index contributed by atoms with van der Waals surface area (Å²) in [5.41, 5.74) is 1.88. The maximum atomic E-state index is 11.6. The largest absolute Gasteiger partial charge is 0.458 e. The molecule has 0 atom stereocenters. The van der Waals surface area contributed by atoms with Gasteiger partial charge < -0.3 is 10.1 Å². The summed E-state index contributed by atoms with van der Waals surface area (Å²) in [5, 5.41) is 2.51. The molecule has 0 aliphatic heterocycles. The fourth-order valence-electron chi connectivity index (χ4n) is 1.67. The van der Waals surface area contributed by atoms with Crippen LogP contribution in [0.15, 0.2) is 49.1 Å². The third kappa shape index (κ3) is 4.52. The third-order valence-corrected chi connectivity index (χ3v) is 2.76. The van der Waals surface area contributed by atoms with Crippen LogP contribution in [0.5, 0.6) is 0 Å². The first-order valence-electron chi connectivity index (χ1n) is 6.60. The molecule has 2 heterocycles. The number of nitrogens with one attached hydrogen (secondary N) is 1. The Morgan fingerprint density at radius 1 is 1.27 bits per heavy atom. The summed E-state index contributed by atoms with van der Waals surface area (Å²) in [7, 11) is 1.54. The number of carbonyl (C=O) groups is 2. The van der Waals surface area contributed by atoms with Crippen molar-refractivity contribution in [1.29, 1.82) is 0 Å². The van der Waals surface area contributed by atoms with Crippen LogP contribution in [0.2, 0.25) is 0 Å². The van der Waals surface area contributed by atoms with E-state index in [1.807, 2.05) is 6.07 Å². The standard InChI is InChI=1S/C16H15N3O3/c1-17-16(21)14-7-12(8-19-10-14)4-5-15(20)22-11-13-3-2-6-18-9-13/h2-10H,11H2,1H3,(H,17,21). The van der Waals surface area contributed by atoms with Gasteiger partial charge in [-0.05, 0) is 23.8 Å². The zero-order chi connectivity index (χ0) is 15.8. The highest BCUT2D eigenvalue weighted by molar-refractivity contribution is 5.94. The molecule has 0 spiro atoms. The summed E-state index contributed by atoms with van der Waals surface area (Å²) in [5.74, 6) is -0.712. The molecular formula is C16H15N3O3. The fourth-order valence-corrected chi connectivity index (χ4v) is 1.67. The van der Waals surface area contributed by atoms with E-state index in [4.69, 9.17) is 4.74 Å². The Morgan fingerprint density at radius 3 is 2.86 bits per heavy atom. The van der Waals surface area contributed by atoms with Gasteiger partial charge in [-0.25, -0.2) is 4.79 Å². The van der Waals surface area contributed by atoms with Crippen LogP contribution in [0.1, 0.15) is 21.5 Å². The molecule has 0 bridgehead atoms. The SMILES string of the molecule is CNC(=O)c1cncc(C=CC(=O)OCc2cccnc2)c1. The van der Waals surface area contributed by atoms with Gasteiger partial charge in [-0.15, -0.1) is 0 Å². The van der Waals surface area contributed by atoms with Crippen molar-refractivity contribution < 1.29 is 14.3 Å². The molecule has 1 amide bonds. The molecule has 0 aromatic carbocycles. The van der Waals surface area contributed by atoms with Crippen molar-refractivity contribution >= 4 is 18.0 Å². The molecule has 2 rings (SSSR count). The van der Waals surface area contributed by atoms with Gasteiger partial charge in [0.1, 0.15) is 6.61 Å². The minimum absolute atomic E-state index is 0.160. The maximum absolute atomic E-state index is 11.6. The van der Waals surface area contributed by atoms with Gasteiger partial charge in [-0.2, -0.15) is 0 Å². The van der Waals surface area contributed by atoms with E-state index in [1.54, 1.807) is 43.8 Å². The maximum Gasteiger partial charge on any atom is 0.331 e. The number of ether oxygens (including phenoxy) is 1. The minimum atomic E-state index is -0.478. The van der Waals surface area contributed by atoms with Crippen LogP contribution in [-0.2, 0) is 16.1 Å². The van der Waals surface area contributed by atoms with E-state index < -0.39 is 5.97 Å². The lowest BCUT2D eigenvalue weighted by atomic mass is 10.2. The van der Waals surface area contributed by atoms with Crippen molar-refractivity contribution in [3.63, 3.8) is 0 Å². The second-order valence-corrected chi connectivity index (χ2v) is 4.39. The second-order valence-electron chi connectivity index (χ2n) is 4.39. The fraction of sp³-hybridized carbons (Fsp3) is 0.125. The molecule has 2 aromatic rings. The molecule has 112 valence electrons. The third-order valence-electron chi connectivity index (χ3n) is 2.76. The Labute approximate surface area is 127 Å². The van der Waals surface area contributed by atoms with Crippen LogP contribution < -0.4 is 5.32 Å². The van der Waals surface area contributed by atoms with Crippen molar-refractivity contribution in [2.45, 2.75) is 6.61 Å². The van der Waals surface area contributed by atoms with Crippen LogP contribution in [-0.4, -0.2) is 28.9 Å². The topological polar surface area (TPSA) is 81.2 Å². The van der Waals surface area contributed by atoms with E-state index in [0.717, 1.165) is 5.56 Å². The molecule has 0 fully saturated rings. The quantitative estimate of drug-likeness (QED) is 0.669. The number of amides is 1. The molecule has 0 saturated heterocycles. The first kappa shape index (κ1) is 15.4. The average molecular weight is 297 g/mol. The number of esters is 1. The monoisotopic (exact) mass is 297 g/mol. The van der Waals surface area contributed by atoms with Crippen molar-refractivity contribution in [2.75, 3.05) is 7.05 Å². The smallest absolute Gasteiger partial charge is 0.331 e. The Kier molecular flexibility index (Phi) is 5.37. The van der Waals surface area contributed by atoms with Gasteiger partial charge in [0.05, 0.1) is 5.56 Å². The van der Waals surface area contributed by atoms with E-state index in [0.29, 0.717) is 11.1 Å². The number of pyridine rings is 2. The molecule has 0 radical (unpaired) electrons. The number of hydrogen-bond acceptors (Lipinski definition) is 5. The van der Waals surface area contributed by atoms with E-state index in [2.05, 4.69) is 15.3 Å². The van der Waals surface area contributed by atoms with Crippen LogP contribution in [0.4, 0.5) is 0 Å². The molecular weight excluding hydrogens is 282 g/mol. The van der Waals surface area contributed by atoms with Crippen molar-refractivity contribution in [1.82, 2.24) is 15.3 Å². The number of hydrogen-bond donors (Lipinski definition) is 1. The van der Waals surface area contributed by atoms with Crippen molar-refractivity contribution in [3.8, 4) is 0 Å². The molecule has 6 nitrogen and oxygen atoms in total. The van der Waals surface area contributed by atoms with E-state index in [1.165, 1.54) is 12.3 Å². The average Bonchev–Trinajstić information content (AvgIpc) is 2.58. The highest BCUT2D eigenvalue weighted by atomic mass is 16.5. The van der Waals surface area contributed by atoms with Crippen LogP contribution in [0.25, 0.3) is 6.08 Å². The molecule has 0 saturated carbocycles. The second kappa shape index (κ2) is 7.68. The van der Waals surface area contributed by atoms with E-state index >= 15 is 0 Å². The van der Waals surface area contributed by atoms with Gasteiger partial charge >= 0.3 is 5.97 Å². The number of rotatable bonds is 5. The number of nitrogens with zero attached hydrogens (tertiary/aromatic N) is 2. The summed E-state index contributed by atoms with van der Waals surface area (Å²) in [6.07, 6.45) is 9.13. The first-order chi connectivity index (χ1) is 10.7. The summed E-state index contributed by atoms with van der Waals surface area (Å²) in [6, 6.07) is 5.23. The molecule has 0 aliphatic carbocycles. The number of carbonyl (C=O) groups excluding carboxylic acids is 2. The lowest BCUT2D eigenvalue weighted by Gasteiger charge is -2.02. The molecule has 0 aliphatic rings. The van der Waals surface area contributed by atoms with Crippen LogP contribution >= 0.6 is 0 Å². The van der Waals surface area contributed by atoms with Gasteiger partial charge in [0.15, 0.2) is 0 Å². The zero-order valence-corrected chi connectivity index (χ0v) is 12.0. The van der Waals surface area contributed by atoms with Crippen molar-refractivity contribution in [2.24, 2.45) is 0 Å². The highest BCUT2D eigenvalue weighted by Crippen LogP contribution is 2.06. The summed E-state index contributed by atoms with van der Waals surface area (Å²) < 4.78 is 5.08. The molecule has 0 unspecified atom stereocenters. The summed E-state index contributed by atoms with van der Waals surface area (Å²) in [6.45, 7) is 0.160. The Balaban J connectivity index is 1.93. The van der Waals surface area contributed by atoms with Crippen LogP contribution in [0, 0.1) is 0 Å². The Hall–Kier alpha value is -3.02. The lowest BCUT2D eigenvalue weighted by molar-refractivity contribution is -0.138. The van der Waals surface area contributed by atoms with E-state index in [-0.39, 0.29) is 12.5 Å². The summed E-state index contributed by atoms with van der Waals surface area (Å²) in [4.78, 5) is 31.0. The normalized spacial score (nSPS) is 10.4. The number of aromatic nitrogens is 2. The molecule has 1 N–H and O–H groups in total. The Morgan fingerprint density at radius 2 is 2.14 bits per heavy atom. The van der Waals surface area contributed by atoms with Crippen molar-refractivity contribution in [3.05, 3.63) is 65.8 Å². The molecule has 6 heteroatoms. The lowest BCUT2D eigenvalue weighted by Crippen LogP contribution is -2.17. The molecule has 22 heavy (non-hydrogen) atoms. The van der Waals surface area contributed by atoms with Crippen LogP contribution in [0.3, 0.4) is 0 Å². The highest BCUT2D eigenvalue weighted by Gasteiger charge is 2.04. The van der Waals surface area contributed by atoms with Gasteiger partial charge in [-0.3, -0.25) is 14.8 Å².